The summed E-state index contributed by atoms with van der Waals surface area (Å²) in [5, 5.41) is 8.74. The standard InChI is InChI=1S/C9H8O4S/c1-13-9(12)6-4-2-3-5(7(6)14)8(10)11/h2-4,14H,1H3,(H,10,11). The van der Waals surface area contributed by atoms with Gasteiger partial charge in [0, 0.05) is 4.90 Å². The minimum Gasteiger partial charge on any atom is -0.478 e. The maximum Gasteiger partial charge on any atom is 0.339 e. The van der Waals surface area contributed by atoms with Gasteiger partial charge in [-0.25, -0.2) is 9.59 Å². The first-order valence-corrected chi connectivity index (χ1v) is 4.16. The third-order valence-corrected chi connectivity index (χ3v) is 2.15. The Labute approximate surface area is 85.9 Å². The largest absolute Gasteiger partial charge is 0.478 e. The van der Waals surface area contributed by atoms with Crippen molar-refractivity contribution < 1.29 is 19.4 Å². The number of hydrogen-bond acceptors (Lipinski definition) is 4. The number of carbonyl (C=O) groups is 2. The predicted molar refractivity (Wildman–Crippen MR) is 52.0 cm³/mol. The molecule has 74 valence electrons. The molecule has 0 aliphatic heterocycles. The number of benzene rings is 1. The summed E-state index contributed by atoms with van der Waals surface area (Å²) in [7, 11) is 1.23. The van der Waals surface area contributed by atoms with Gasteiger partial charge in [0.2, 0.25) is 0 Å². The fourth-order valence-electron chi connectivity index (χ4n) is 0.991. The normalized spacial score (nSPS) is 9.57. The lowest BCUT2D eigenvalue weighted by Crippen LogP contribution is -2.06. The summed E-state index contributed by atoms with van der Waals surface area (Å²) in [5.41, 5.74) is 0.131. The first-order valence-electron chi connectivity index (χ1n) is 3.71. The van der Waals surface area contributed by atoms with E-state index >= 15 is 0 Å². The average Bonchev–Trinajstić information content (AvgIpc) is 2.16. The Morgan fingerprint density at radius 3 is 2.43 bits per heavy atom. The number of carboxylic acids is 1. The molecule has 4 nitrogen and oxygen atoms in total. The topological polar surface area (TPSA) is 63.6 Å². The van der Waals surface area contributed by atoms with Crippen LogP contribution in [0.4, 0.5) is 0 Å². The van der Waals surface area contributed by atoms with E-state index < -0.39 is 11.9 Å². The Kier molecular flexibility index (Phi) is 3.14. The van der Waals surface area contributed by atoms with Crippen LogP contribution in [-0.4, -0.2) is 24.2 Å². The summed E-state index contributed by atoms with van der Waals surface area (Å²) in [4.78, 5) is 21.9. The van der Waals surface area contributed by atoms with E-state index in [1.807, 2.05) is 0 Å². The van der Waals surface area contributed by atoms with Crippen LogP contribution >= 0.6 is 12.6 Å². The zero-order valence-electron chi connectivity index (χ0n) is 7.35. The van der Waals surface area contributed by atoms with Gasteiger partial charge in [0.15, 0.2) is 0 Å². The van der Waals surface area contributed by atoms with Crippen LogP contribution in [0.15, 0.2) is 23.1 Å². The number of carbonyl (C=O) groups excluding carboxylic acids is 1. The number of ether oxygens (including phenoxy) is 1. The zero-order chi connectivity index (χ0) is 10.7. The molecule has 0 spiro atoms. The smallest absolute Gasteiger partial charge is 0.339 e. The van der Waals surface area contributed by atoms with Crippen LogP contribution < -0.4 is 0 Å². The maximum atomic E-state index is 11.1. The van der Waals surface area contributed by atoms with Gasteiger partial charge >= 0.3 is 11.9 Å². The Morgan fingerprint density at radius 1 is 1.36 bits per heavy atom. The van der Waals surface area contributed by atoms with Crippen molar-refractivity contribution in [2.24, 2.45) is 0 Å². The molecule has 0 atom stereocenters. The number of esters is 1. The van der Waals surface area contributed by atoms with Gasteiger partial charge in [-0.1, -0.05) is 6.07 Å². The Balaban J connectivity index is 3.27. The molecule has 1 N–H and O–H groups in total. The molecule has 0 unspecified atom stereocenters. The van der Waals surface area contributed by atoms with Crippen LogP contribution in [0, 0.1) is 0 Å². The molecule has 0 saturated carbocycles. The molecule has 5 heteroatoms. The van der Waals surface area contributed by atoms with E-state index in [0.717, 1.165) is 0 Å². The van der Waals surface area contributed by atoms with Crippen LogP contribution in [0.2, 0.25) is 0 Å². The molecule has 0 aliphatic carbocycles. The van der Waals surface area contributed by atoms with Crippen molar-refractivity contribution >= 4 is 24.6 Å². The molecule has 0 heterocycles. The van der Waals surface area contributed by atoms with E-state index in [0.29, 0.717) is 0 Å². The molecule has 1 aromatic carbocycles. The summed E-state index contributed by atoms with van der Waals surface area (Å²) in [5.74, 6) is -1.72. The van der Waals surface area contributed by atoms with Crippen molar-refractivity contribution in [2.45, 2.75) is 4.90 Å². The van der Waals surface area contributed by atoms with Gasteiger partial charge in [-0.3, -0.25) is 0 Å². The third-order valence-electron chi connectivity index (χ3n) is 1.67. The van der Waals surface area contributed by atoms with Crippen LogP contribution in [-0.2, 0) is 4.74 Å². The highest BCUT2D eigenvalue weighted by molar-refractivity contribution is 7.80. The number of methoxy groups -OCH3 is 1. The van der Waals surface area contributed by atoms with Gasteiger partial charge in [-0.15, -0.1) is 12.6 Å². The fourth-order valence-corrected chi connectivity index (χ4v) is 1.33. The van der Waals surface area contributed by atoms with Gasteiger partial charge < -0.3 is 9.84 Å². The fraction of sp³-hybridized carbons (Fsp3) is 0.111. The van der Waals surface area contributed by atoms with E-state index in [9.17, 15) is 9.59 Å². The van der Waals surface area contributed by atoms with Crippen LogP contribution in [0.5, 0.6) is 0 Å². The Morgan fingerprint density at radius 2 is 1.93 bits per heavy atom. The third kappa shape index (κ3) is 1.88. The first kappa shape index (κ1) is 10.6. The Bertz CT molecular complexity index is 386. The second-order valence-electron chi connectivity index (χ2n) is 2.50. The van der Waals surface area contributed by atoms with Gasteiger partial charge in [0.1, 0.15) is 0 Å². The highest BCUT2D eigenvalue weighted by Gasteiger charge is 2.15. The van der Waals surface area contributed by atoms with Crippen molar-refractivity contribution in [3.63, 3.8) is 0 Å². The predicted octanol–water partition coefficient (Wildman–Crippen LogP) is 1.46. The van der Waals surface area contributed by atoms with Gasteiger partial charge in [0.05, 0.1) is 18.2 Å². The summed E-state index contributed by atoms with van der Waals surface area (Å²) in [6, 6.07) is 4.30. The molecule has 14 heavy (non-hydrogen) atoms. The van der Waals surface area contributed by atoms with E-state index in [-0.39, 0.29) is 16.0 Å². The molecule has 0 aliphatic rings. The van der Waals surface area contributed by atoms with Crippen LogP contribution in [0.25, 0.3) is 0 Å². The summed E-state index contributed by atoms with van der Waals surface area (Å²) in [6.07, 6.45) is 0. The maximum absolute atomic E-state index is 11.1. The molecule has 1 aromatic rings. The molecule has 0 fully saturated rings. The number of hydrogen-bond donors (Lipinski definition) is 2. The minimum absolute atomic E-state index is 0.0174. The number of carboxylic acid groups (broad SMARTS) is 1. The summed E-state index contributed by atoms with van der Waals surface area (Å²) in [6.45, 7) is 0. The van der Waals surface area contributed by atoms with Crippen molar-refractivity contribution in [3.05, 3.63) is 29.3 Å². The van der Waals surface area contributed by atoms with Gasteiger partial charge in [-0.2, -0.15) is 0 Å². The van der Waals surface area contributed by atoms with E-state index in [4.69, 9.17) is 5.11 Å². The van der Waals surface area contributed by atoms with Crippen LogP contribution in [0.3, 0.4) is 0 Å². The molecule has 0 amide bonds. The van der Waals surface area contributed by atoms with Crippen molar-refractivity contribution in [2.75, 3.05) is 7.11 Å². The van der Waals surface area contributed by atoms with E-state index in [1.165, 1.54) is 25.3 Å². The highest BCUT2D eigenvalue weighted by Crippen LogP contribution is 2.19. The first-order chi connectivity index (χ1) is 6.57. The lowest BCUT2D eigenvalue weighted by Gasteiger charge is -2.04. The van der Waals surface area contributed by atoms with Crippen molar-refractivity contribution in [3.8, 4) is 0 Å². The van der Waals surface area contributed by atoms with Crippen molar-refractivity contribution in [1.82, 2.24) is 0 Å². The second kappa shape index (κ2) is 4.15. The average molecular weight is 212 g/mol. The lowest BCUT2D eigenvalue weighted by molar-refractivity contribution is 0.0596. The number of thiol groups is 1. The quantitative estimate of drug-likeness (QED) is 0.575. The SMILES string of the molecule is COC(=O)c1cccc(C(=O)O)c1S. The molecule has 0 aromatic heterocycles. The molecular weight excluding hydrogens is 204 g/mol. The molecule has 0 radical (unpaired) electrons. The highest BCUT2D eigenvalue weighted by atomic mass is 32.1. The summed E-state index contributed by atoms with van der Waals surface area (Å²) < 4.78 is 4.47. The summed E-state index contributed by atoms with van der Waals surface area (Å²) >= 11 is 3.96. The molecule has 1 rings (SSSR count). The molecular formula is C9H8O4S. The molecule has 0 bridgehead atoms. The monoisotopic (exact) mass is 212 g/mol. The number of rotatable bonds is 2. The van der Waals surface area contributed by atoms with E-state index in [1.54, 1.807) is 0 Å². The van der Waals surface area contributed by atoms with Crippen LogP contribution in [0.1, 0.15) is 20.7 Å². The lowest BCUT2D eigenvalue weighted by atomic mass is 10.1. The Hall–Kier alpha value is -1.49. The van der Waals surface area contributed by atoms with Gasteiger partial charge in [-0.05, 0) is 12.1 Å². The van der Waals surface area contributed by atoms with E-state index in [2.05, 4.69) is 17.4 Å². The number of aromatic carboxylic acids is 1. The van der Waals surface area contributed by atoms with Gasteiger partial charge in [0.25, 0.3) is 0 Å². The minimum atomic E-state index is -1.12. The van der Waals surface area contributed by atoms with Crippen molar-refractivity contribution in [1.29, 1.82) is 0 Å². The molecule has 0 saturated heterocycles. The second-order valence-corrected chi connectivity index (χ2v) is 2.95. The zero-order valence-corrected chi connectivity index (χ0v) is 8.25.